The van der Waals surface area contributed by atoms with Gasteiger partial charge in [0.2, 0.25) is 0 Å². The van der Waals surface area contributed by atoms with Gasteiger partial charge in [0.1, 0.15) is 0 Å². The maximum Gasteiger partial charge on any atom is 0.185 e. The van der Waals surface area contributed by atoms with E-state index in [2.05, 4.69) is 6.92 Å². The van der Waals surface area contributed by atoms with E-state index in [1.54, 1.807) is 45.6 Å². The summed E-state index contributed by atoms with van der Waals surface area (Å²) < 4.78 is 21.6. The van der Waals surface area contributed by atoms with Crippen molar-refractivity contribution in [2.45, 2.75) is 19.8 Å². The van der Waals surface area contributed by atoms with Crippen molar-refractivity contribution in [1.82, 2.24) is 0 Å². The van der Waals surface area contributed by atoms with Crippen molar-refractivity contribution in [1.29, 1.82) is 0 Å². The van der Waals surface area contributed by atoms with E-state index in [-0.39, 0.29) is 5.78 Å². The SMILES string of the molecule is CCCCOc1cc(/C=C/C(=O)c2ccc(OC)c(OC)c2)ccc1OC. The quantitative estimate of drug-likeness (QED) is 0.342. The van der Waals surface area contributed by atoms with Gasteiger partial charge in [0, 0.05) is 5.56 Å². The predicted molar refractivity (Wildman–Crippen MR) is 106 cm³/mol. The van der Waals surface area contributed by atoms with Gasteiger partial charge in [-0.05, 0) is 48.4 Å². The number of allylic oxidation sites excluding steroid dienone is 1. The molecule has 0 unspecified atom stereocenters. The summed E-state index contributed by atoms with van der Waals surface area (Å²) in [6, 6.07) is 10.7. The third-order valence-corrected chi connectivity index (χ3v) is 4.04. The summed E-state index contributed by atoms with van der Waals surface area (Å²) in [7, 11) is 4.71. The lowest BCUT2D eigenvalue weighted by molar-refractivity contribution is 0.104. The van der Waals surface area contributed by atoms with Gasteiger partial charge in [-0.25, -0.2) is 0 Å². The van der Waals surface area contributed by atoms with Crippen molar-refractivity contribution >= 4 is 11.9 Å². The molecule has 0 aliphatic carbocycles. The topological polar surface area (TPSA) is 54.0 Å². The van der Waals surface area contributed by atoms with E-state index >= 15 is 0 Å². The minimum absolute atomic E-state index is 0.125. The second-order valence-corrected chi connectivity index (χ2v) is 5.88. The first-order chi connectivity index (χ1) is 13.1. The maximum atomic E-state index is 12.5. The standard InChI is InChI=1S/C22H26O5/c1-5-6-13-27-22-14-16(8-11-20(22)25-3)7-10-18(23)17-9-12-19(24-2)21(15-17)26-4/h7-12,14-15H,5-6,13H2,1-4H3/b10-7+. The van der Waals surface area contributed by atoms with Crippen LogP contribution in [-0.2, 0) is 0 Å². The Morgan fingerprint density at radius 1 is 0.889 bits per heavy atom. The molecule has 2 rings (SSSR count). The van der Waals surface area contributed by atoms with E-state index in [4.69, 9.17) is 18.9 Å². The Kier molecular flexibility index (Phi) is 7.74. The van der Waals surface area contributed by atoms with Crippen molar-refractivity contribution < 1.29 is 23.7 Å². The number of benzene rings is 2. The minimum atomic E-state index is -0.125. The Morgan fingerprint density at radius 2 is 1.56 bits per heavy atom. The first-order valence-corrected chi connectivity index (χ1v) is 8.88. The van der Waals surface area contributed by atoms with Gasteiger partial charge in [0.15, 0.2) is 28.8 Å². The molecule has 0 aliphatic rings. The van der Waals surface area contributed by atoms with Gasteiger partial charge in [0.25, 0.3) is 0 Å². The fourth-order valence-corrected chi connectivity index (χ4v) is 2.49. The number of hydrogen-bond donors (Lipinski definition) is 0. The van der Waals surface area contributed by atoms with E-state index in [9.17, 15) is 4.79 Å². The number of rotatable bonds is 10. The van der Waals surface area contributed by atoms with Gasteiger partial charge >= 0.3 is 0 Å². The highest BCUT2D eigenvalue weighted by molar-refractivity contribution is 6.07. The lowest BCUT2D eigenvalue weighted by Crippen LogP contribution is -1.99. The number of carbonyl (C=O) groups excluding carboxylic acids is 1. The summed E-state index contributed by atoms with van der Waals surface area (Å²) in [6.45, 7) is 2.74. The molecule has 2 aromatic rings. The van der Waals surface area contributed by atoms with Crippen molar-refractivity contribution in [2.75, 3.05) is 27.9 Å². The highest BCUT2D eigenvalue weighted by atomic mass is 16.5. The van der Waals surface area contributed by atoms with Crippen LogP contribution in [0.2, 0.25) is 0 Å². The minimum Gasteiger partial charge on any atom is -0.493 e. The van der Waals surface area contributed by atoms with Crippen LogP contribution in [0.1, 0.15) is 35.7 Å². The van der Waals surface area contributed by atoms with Crippen molar-refractivity contribution in [3.8, 4) is 23.0 Å². The Bertz CT molecular complexity index is 795. The number of methoxy groups -OCH3 is 3. The highest BCUT2D eigenvalue weighted by Crippen LogP contribution is 2.30. The molecule has 0 saturated carbocycles. The smallest absolute Gasteiger partial charge is 0.185 e. The van der Waals surface area contributed by atoms with E-state index in [0.717, 1.165) is 18.4 Å². The summed E-state index contributed by atoms with van der Waals surface area (Å²) >= 11 is 0. The summed E-state index contributed by atoms with van der Waals surface area (Å²) in [5, 5.41) is 0. The molecule has 0 aliphatic heterocycles. The van der Waals surface area contributed by atoms with Crippen LogP contribution in [0.5, 0.6) is 23.0 Å². The number of carbonyl (C=O) groups is 1. The van der Waals surface area contributed by atoms with Crippen molar-refractivity contribution in [3.05, 3.63) is 53.6 Å². The Labute approximate surface area is 160 Å². The third-order valence-electron chi connectivity index (χ3n) is 4.04. The zero-order valence-corrected chi connectivity index (χ0v) is 16.3. The molecule has 5 heteroatoms. The summed E-state index contributed by atoms with van der Waals surface area (Å²) in [5.74, 6) is 2.33. The van der Waals surface area contributed by atoms with Crippen LogP contribution in [-0.4, -0.2) is 33.7 Å². The Hall–Kier alpha value is -2.95. The molecule has 0 spiro atoms. The monoisotopic (exact) mass is 370 g/mol. The highest BCUT2D eigenvalue weighted by Gasteiger charge is 2.09. The zero-order valence-electron chi connectivity index (χ0n) is 16.3. The molecule has 0 N–H and O–H groups in total. The van der Waals surface area contributed by atoms with Crippen LogP contribution in [0.25, 0.3) is 6.08 Å². The molecular formula is C22H26O5. The Morgan fingerprint density at radius 3 is 2.22 bits per heavy atom. The molecular weight excluding hydrogens is 344 g/mol. The average Bonchev–Trinajstić information content (AvgIpc) is 2.71. The molecule has 0 heterocycles. The molecule has 0 amide bonds. The number of unbranched alkanes of at least 4 members (excludes halogenated alkanes) is 1. The van der Waals surface area contributed by atoms with Crippen LogP contribution in [0, 0.1) is 0 Å². The zero-order chi connectivity index (χ0) is 19.6. The lowest BCUT2D eigenvalue weighted by Gasteiger charge is -2.11. The van der Waals surface area contributed by atoms with Gasteiger partial charge in [-0.3, -0.25) is 4.79 Å². The molecule has 0 atom stereocenters. The largest absolute Gasteiger partial charge is 0.493 e. The van der Waals surface area contributed by atoms with Crippen LogP contribution in [0.4, 0.5) is 0 Å². The average molecular weight is 370 g/mol. The lowest BCUT2D eigenvalue weighted by atomic mass is 10.1. The van der Waals surface area contributed by atoms with E-state index in [1.165, 1.54) is 6.08 Å². The van der Waals surface area contributed by atoms with Crippen LogP contribution in [0.15, 0.2) is 42.5 Å². The van der Waals surface area contributed by atoms with Gasteiger partial charge in [-0.2, -0.15) is 0 Å². The second-order valence-electron chi connectivity index (χ2n) is 5.88. The van der Waals surface area contributed by atoms with E-state index in [0.29, 0.717) is 35.2 Å². The van der Waals surface area contributed by atoms with Crippen LogP contribution in [0.3, 0.4) is 0 Å². The van der Waals surface area contributed by atoms with Crippen LogP contribution < -0.4 is 18.9 Å². The number of ether oxygens (including phenoxy) is 4. The molecule has 0 saturated heterocycles. The molecule has 0 aromatic heterocycles. The van der Waals surface area contributed by atoms with Gasteiger partial charge in [0.05, 0.1) is 27.9 Å². The van der Waals surface area contributed by atoms with Crippen molar-refractivity contribution in [2.24, 2.45) is 0 Å². The molecule has 5 nitrogen and oxygen atoms in total. The van der Waals surface area contributed by atoms with Gasteiger partial charge < -0.3 is 18.9 Å². The third kappa shape index (κ3) is 5.51. The van der Waals surface area contributed by atoms with Gasteiger partial charge in [-0.15, -0.1) is 0 Å². The fourth-order valence-electron chi connectivity index (χ4n) is 2.49. The first-order valence-electron chi connectivity index (χ1n) is 8.88. The fraction of sp³-hybridized carbons (Fsp3) is 0.318. The number of ketones is 1. The normalized spacial score (nSPS) is 10.7. The number of hydrogen-bond acceptors (Lipinski definition) is 5. The molecule has 0 radical (unpaired) electrons. The molecule has 0 bridgehead atoms. The van der Waals surface area contributed by atoms with Crippen molar-refractivity contribution in [3.63, 3.8) is 0 Å². The van der Waals surface area contributed by atoms with Gasteiger partial charge in [-0.1, -0.05) is 25.5 Å². The molecule has 0 fully saturated rings. The molecule has 2 aromatic carbocycles. The molecule has 144 valence electrons. The maximum absolute atomic E-state index is 12.5. The second kappa shape index (κ2) is 10.3. The molecule has 27 heavy (non-hydrogen) atoms. The summed E-state index contributed by atoms with van der Waals surface area (Å²) in [6.07, 6.45) is 5.31. The predicted octanol–water partition coefficient (Wildman–Crippen LogP) is 4.79. The van der Waals surface area contributed by atoms with E-state index in [1.807, 2.05) is 18.2 Å². The summed E-state index contributed by atoms with van der Waals surface area (Å²) in [4.78, 5) is 12.5. The first kappa shape index (κ1) is 20.4. The van der Waals surface area contributed by atoms with E-state index < -0.39 is 0 Å². The van der Waals surface area contributed by atoms with Crippen LogP contribution >= 0.6 is 0 Å². The summed E-state index contributed by atoms with van der Waals surface area (Å²) in [5.41, 5.74) is 1.38. The Balaban J connectivity index is 2.16.